The summed E-state index contributed by atoms with van der Waals surface area (Å²) in [7, 11) is 0. The molecule has 4 rings (SSSR count). The summed E-state index contributed by atoms with van der Waals surface area (Å²) in [5, 5.41) is 0. The molecule has 1 aromatic carbocycles. The monoisotopic (exact) mass is 270 g/mol. The average molecular weight is 270 g/mol. The summed E-state index contributed by atoms with van der Waals surface area (Å²) in [6.07, 6.45) is 4.98. The van der Waals surface area contributed by atoms with Crippen molar-refractivity contribution in [1.82, 2.24) is 4.98 Å². The van der Waals surface area contributed by atoms with Crippen LogP contribution in [0, 0.1) is 0 Å². The van der Waals surface area contributed by atoms with Crippen LogP contribution in [0.15, 0.2) is 28.7 Å². The van der Waals surface area contributed by atoms with E-state index in [4.69, 9.17) is 10.2 Å². The summed E-state index contributed by atoms with van der Waals surface area (Å²) < 4.78 is 5.83. The minimum atomic E-state index is 0.675. The van der Waals surface area contributed by atoms with Gasteiger partial charge in [-0.2, -0.15) is 0 Å². The van der Waals surface area contributed by atoms with Gasteiger partial charge in [0.15, 0.2) is 5.58 Å². The molecule has 0 atom stereocenters. The number of oxazole rings is 1. The van der Waals surface area contributed by atoms with E-state index in [0.29, 0.717) is 11.6 Å². The number of nitrogen functional groups attached to an aromatic ring is 1. The molecule has 0 saturated heterocycles. The first-order chi connectivity index (χ1) is 9.31. The fourth-order valence-electron chi connectivity index (χ4n) is 2.67. The van der Waals surface area contributed by atoms with Crippen LogP contribution in [-0.2, 0) is 12.8 Å². The molecule has 3 aromatic rings. The Bertz CT molecular complexity index is 733. The highest BCUT2D eigenvalue weighted by Gasteiger charge is 2.17. The topological polar surface area (TPSA) is 52.0 Å². The molecular formula is C15H14N2OS. The minimum Gasteiger partial charge on any atom is -0.435 e. The van der Waals surface area contributed by atoms with Gasteiger partial charge in [0.25, 0.3) is 0 Å². The molecule has 2 heterocycles. The molecule has 19 heavy (non-hydrogen) atoms. The van der Waals surface area contributed by atoms with Crippen LogP contribution in [0.4, 0.5) is 5.69 Å². The van der Waals surface area contributed by atoms with Crippen LogP contribution < -0.4 is 5.73 Å². The lowest BCUT2D eigenvalue weighted by Gasteiger charge is -2.08. The van der Waals surface area contributed by atoms with Gasteiger partial charge in [0.1, 0.15) is 5.52 Å². The van der Waals surface area contributed by atoms with Crippen LogP contribution in [0.2, 0.25) is 0 Å². The quantitative estimate of drug-likeness (QED) is 0.679. The molecule has 0 saturated carbocycles. The number of para-hydroxylation sites is 1. The number of hydrogen-bond donors (Lipinski definition) is 1. The molecule has 3 nitrogen and oxygen atoms in total. The van der Waals surface area contributed by atoms with Crippen LogP contribution in [0.5, 0.6) is 0 Å². The largest absolute Gasteiger partial charge is 0.435 e. The van der Waals surface area contributed by atoms with E-state index in [2.05, 4.69) is 11.1 Å². The number of aryl methyl sites for hydroxylation is 2. The molecule has 0 spiro atoms. The third kappa shape index (κ3) is 1.75. The number of fused-ring (bicyclic) bond motifs is 2. The van der Waals surface area contributed by atoms with Gasteiger partial charge in [-0.15, -0.1) is 11.3 Å². The highest BCUT2D eigenvalue weighted by Crippen LogP contribution is 2.37. The Morgan fingerprint density at radius 1 is 1.21 bits per heavy atom. The van der Waals surface area contributed by atoms with Gasteiger partial charge in [0, 0.05) is 4.88 Å². The molecule has 4 heteroatoms. The van der Waals surface area contributed by atoms with E-state index in [-0.39, 0.29) is 0 Å². The van der Waals surface area contributed by atoms with Crippen LogP contribution in [0.3, 0.4) is 0 Å². The van der Waals surface area contributed by atoms with E-state index in [1.165, 1.54) is 36.1 Å². The van der Waals surface area contributed by atoms with E-state index in [9.17, 15) is 0 Å². The minimum absolute atomic E-state index is 0.675. The third-order valence-corrected chi connectivity index (χ3v) is 4.88. The number of thiophene rings is 1. The first kappa shape index (κ1) is 11.1. The molecule has 0 unspecified atom stereocenters. The number of nitrogens with two attached hydrogens (primary N) is 1. The Morgan fingerprint density at radius 3 is 2.95 bits per heavy atom. The smallest absolute Gasteiger partial charge is 0.237 e. The van der Waals surface area contributed by atoms with Crippen molar-refractivity contribution in [2.45, 2.75) is 25.7 Å². The van der Waals surface area contributed by atoms with Gasteiger partial charge < -0.3 is 10.2 Å². The molecule has 0 aliphatic heterocycles. The zero-order valence-electron chi connectivity index (χ0n) is 10.5. The average Bonchev–Trinajstić information content (AvgIpc) is 3.02. The number of benzene rings is 1. The molecule has 0 bridgehead atoms. The van der Waals surface area contributed by atoms with Gasteiger partial charge >= 0.3 is 0 Å². The molecule has 0 fully saturated rings. The molecule has 96 valence electrons. The van der Waals surface area contributed by atoms with Gasteiger partial charge in [-0.1, -0.05) is 6.07 Å². The van der Waals surface area contributed by atoms with Crippen LogP contribution in [0.1, 0.15) is 23.3 Å². The van der Waals surface area contributed by atoms with Crippen LogP contribution >= 0.6 is 11.3 Å². The lowest BCUT2D eigenvalue weighted by molar-refractivity contribution is 0.621. The van der Waals surface area contributed by atoms with E-state index < -0.39 is 0 Å². The number of nitrogens with zero attached hydrogens (tertiary/aromatic N) is 1. The van der Waals surface area contributed by atoms with Crippen molar-refractivity contribution in [3.63, 3.8) is 0 Å². The van der Waals surface area contributed by atoms with Crippen molar-refractivity contribution >= 4 is 28.1 Å². The number of rotatable bonds is 1. The van der Waals surface area contributed by atoms with Crippen LogP contribution in [0.25, 0.3) is 21.9 Å². The van der Waals surface area contributed by atoms with Crippen molar-refractivity contribution in [2.24, 2.45) is 0 Å². The number of hydrogen-bond acceptors (Lipinski definition) is 4. The maximum absolute atomic E-state index is 5.93. The standard InChI is InChI=1S/C15H14N2OS/c16-10-5-3-6-11-14(10)17-15(18-11)13-8-9-4-1-2-7-12(9)19-13/h3,5-6,8H,1-2,4,7,16H2. The molecule has 2 N–H and O–H groups in total. The second-order valence-corrected chi connectivity index (χ2v) is 6.12. The van der Waals surface area contributed by atoms with Gasteiger partial charge in [0.05, 0.1) is 10.6 Å². The molecule has 0 amide bonds. The van der Waals surface area contributed by atoms with Gasteiger partial charge in [-0.3, -0.25) is 0 Å². The maximum atomic E-state index is 5.93. The number of aromatic nitrogens is 1. The SMILES string of the molecule is Nc1cccc2oc(-c3cc4c(s3)CCCC4)nc12. The van der Waals surface area contributed by atoms with E-state index >= 15 is 0 Å². The first-order valence-electron chi connectivity index (χ1n) is 6.58. The van der Waals surface area contributed by atoms with Gasteiger partial charge in [0.2, 0.25) is 5.89 Å². The molecule has 1 aliphatic carbocycles. The summed E-state index contributed by atoms with van der Waals surface area (Å²) in [4.78, 5) is 7.17. The first-order valence-corrected chi connectivity index (χ1v) is 7.40. The van der Waals surface area contributed by atoms with Crippen molar-refractivity contribution in [3.05, 3.63) is 34.7 Å². The predicted octanol–water partition coefficient (Wildman–Crippen LogP) is 4.02. The summed E-state index contributed by atoms with van der Waals surface area (Å²) in [6, 6.07) is 7.90. The third-order valence-electron chi connectivity index (χ3n) is 3.66. The van der Waals surface area contributed by atoms with Crippen molar-refractivity contribution in [2.75, 3.05) is 5.73 Å². The van der Waals surface area contributed by atoms with Gasteiger partial charge in [-0.25, -0.2) is 4.98 Å². The fourth-order valence-corrected chi connectivity index (χ4v) is 3.85. The molecule has 2 aromatic heterocycles. The normalized spacial score (nSPS) is 14.7. The predicted molar refractivity (Wildman–Crippen MR) is 78.4 cm³/mol. The summed E-state index contributed by atoms with van der Waals surface area (Å²) in [6.45, 7) is 0. The summed E-state index contributed by atoms with van der Waals surface area (Å²) in [5.41, 5.74) is 9.61. The highest BCUT2D eigenvalue weighted by atomic mass is 32.1. The van der Waals surface area contributed by atoms with Crippen LogP contribution in [-0.4, -0.2) is 4.98 Å². The van der Waals surface area contributed by atoms with Crippen molar-refractivity contribution in [1.29, 1.82) is 0 Å². The zero-order chi connectivity index (χ0) is 12.8. The van der Waals surface area contributed by atoms with E-state index in [1.807, 2.05) is 29.5 Å². The number of anilines is 1. The fraction of sp³-hybridized carbons (Fsp3) is 0.267. The molecule has 1 aliphatic rings. The second kappa shape index (κ2) is 4.10. The highest BCUT2D eigenvalue weighted by molar-refractivity contribution is 7.15. The Balaban J connectivity index is 1.85. The zero-order valence-corrected chi connectivity index (χ0v) is 11.3. The van der Waals surface area contributed by atoms with Gasteiger partial charge in [-0.05, 0) is 49.4 Å². The van der Waals surface area contributed by atoms with E-state index in [0.717, 1.165) is 16.0 Å². The van der Waals surface area contributed by atoms with Crippen molar-refractivity contribution < 1.29 is 4.42 Å². The second-order valence-electron chi connectivity index (χ2n) is 4.98. The van der Waals surface area contributed by atoms with E-state index in [1.54, 1.807) is 0 Å². The molecule has 0 radical (unpaired) electrons. The Labute approximate surface area is 115 Å². The summed E-state index contributed by atoms with van der Waals surface area (Å²) >= 11 is 1.81. The summed E-state index contributed by atoms with van der Waals surface area (Å²) in [5.74, 6) is 0.701. The Hall–Kier alpha value is -1.81. The Kier molecular flexibility index (Phi) is 2.38. The lowest BCUT2D eigenvalue weighted by Crippen LogP contribution is -1.96. The molecular weight excluding hydrogens is 256 g/mol. The van der Waals surface area contributed by atoms with Crippen molar-refractivity contribution in [3.8, 4) is 10.8 Å². The lowest BCUT2D eigenvalue weighted by atomic mass is 9.99. The maximum Gasteiger partial charge on any atom is 0.237 e. The Morgan fingerprint density at radius 2 is 2.11 bits per heavy atom.